The number of rotatable bonds is 8. The van der Waals surface area contributed by atoms with Gasteiger partial charge >= 0.3 is 0 Å². The highest BCUT2D eigenvalue weighted by Crippen LogP contribution is 2.34. The molecule has 136 valence electrons. The van der Waals surface area contributed by atoms with Crippen LogP contribution >= 0.6 is 11.3 Å². The number of anilines is 2. The van der Waals surface area contributed by atoms with E-state index in [0.29, 0.717) is 6.54 Å². The summed E-state index contributed by atoms with van der Waals surface area (Å²) in [7, 11) is -3.21. The number of benzene rings is 1. The van der Waals surface area contributed by atoms with E-state index < -0.39 is 10.0 Å². The van der Waals surface area contributed by atoms with Gasteiger partial charge in [-0.05, 0) is 37.5 Å². The minimum absolute atomic E-state index is 0.515. The van der Waals surface area contributed by atoms with Crippen molar-refractivity contribution in [2.75, 3.05) is 42.2 Å². The van der Waals surface area contributed by atoms with Gasteiger partial charge < -0.3 is 10.1 Å². The van der Waals surface area contributed by atoms with Crippen LogP contribution in [0, 0.1) is 0 Å². The van der Waals surface area contributed by atoms with E-state index in [1.165, 1.54) is 10.6 Å². The van der Waals surface area contributed by atoms with E-state index in [-0.39, 0.29) is 0 Å². The molecule has 0 fully saturated rings. The zero-order valence-corrected chi connectivity index (χ0v) is 16.1. The van der Waals surface area contributed by atoms with Gasteiger partial charge in [0.1, 0.15) is 0 Å². The lowest BCUT2D eigenvalue weighted by molar-refractivity contribution is 0.147. The van der Waals surface area contributed by atoms with E-state index in [9.17, 15) is 8.42 Å². The molecule has 0 radical (unpaired) electrons. The Balaban J connectivity index is 1.68. The summed E-state index contributed by atoms with van der Waals surface area (Å²) in [6, 6.07) is 5.87. The topological polar surface area (TPSA) is 71.5 Å². The summed E-state index contributed by atoms with van der Waals surface area (Å²) in [5.41, 5.74) is 3.78. The molecule has 0 aliphatic carbocycles. The van der Waals surface area contributed by atoms with Crippen molar-refractivity contribution in [1.82, 2.24) is 4.98 Å². The van der Waals surface area contributed by atoms with E-state index in [4.69, 9.17) is 4.74 Å². The fourth-order valence-electron chi connectivity index (χ4n) is 2.88. The highest BCUT2D eigenvalue weighted by Gasteiger charge is 2.26. The molecule has 0 saturated heterocycles. The van der Waals surface area contributed by atoms with Crippen LogP contribution in [0.25, 0.3) is 11.3 Å². The third kappa shape index (κ3) is 4.31. The molecule has 1 aromatic carbocycles. The van der Waals surface area contributed by atoms with E-state index in [0.717, 1.165) is 60.2 Å². The number of sulfonamides is 1. The fourth-order valence-corrected chi connectivity index (χ4v) is 4.58. The summed E-state index contributed by atoms with van der Waals surface area (Å²) in [6.07, 6.45) is 2.94. The minimum Gasteiger partial charge on any atom is -0.382 e. The molecule has 0 saturated carbocycles. The molecule has 25 heavy (non-hydrogen) atoms. The quantitative estimate of drug-likeness (QED) is 0.712. The molecule has 1 aliphatic heterocycles. The van der Waals surface area contributed by atoms with Gasteiger partial charge in [0.25, 0.3) is 0 Å². The lowest BCUT2D eigenvalue weighted by atomic mass is 10.1. The third-order valence-electron chi connectivity index (χ3n) is 4.08. The summed E-state index contributed by atoms with van der Waals surface area (Å²) in [5.74, 6) is 0. The van der Waals surface area contributed by atoms with Crippen LogP contribution in [0.5, 0.6) is 0 Å². The summed E-state index contributed by atoms with van der Waals surface area (Å²) in [5, 5.41) is 6.23. The van der Waals surface area contributed by atoms with Crippen molar-refractivity contribution < 1.29 is 13.2 Å². The number of aromatic nitrogens is 1. The van der Waals surface area contributed by atoms with Gasteiger partial charge in [-0.1, -0.05) is 6.07 Å². The van der Waals surface area contributed by atoms with Gasteiger partial charge in [-0.15, -0.1) is 11.3 Å². The first-order valence-corrected chi connectivity index (χ1v) is 11.1. The predicted octanol–water partition coefficient (Wildman–Crippen LogP) is 2.97. The van der Waals surface area contributed by atoms with Crippen molar-refractivity contribution in [2.45, 2.75) is 19.8 Å². The van der Waals surface area contributed by atoms with Crippen LogP contribution in [-0.2, 0) is 21.2 Å². The van der Waals surface area contributed by atoms with E-state index >= 15 is 0 Å². The van der Waals surface area contributed by atoms with Crippen LogP contribution in [0.1, 0.15) is 18.9 Å². The Labute approximate surface area is 152 Å². The molecular formula is C17H23N3O3S2. The maximum atomic E-state index is 11.8. The smallest absolute Gasteiger partial charge is 0.232 e. The number of fused-ring (bicyclic) bond motifs is 1. The van der Waals surface area contributed by atoms with Crippen molar-refractivity contribution in [3.8, 4) is 11.3 Å². The van der Waals surface area contributed by atoms with E-state index in [1.54, 1.807) is 11.3 Å². The van der Waals surface area contributed by atoms with Crippen molar-refractivity contribution in [3.63, 3.8) is 0 Å². The van der Waals surface area contributed by atoms with Crippen LogP contribution < -0.4 is 9.62 Å². The first-order valence-electron chi connectivity index (χ1n) is 8.37. The maximum Gasteiger partial charge on any atom is 0.232 e. The molecule has 0 atom stereocenters. The predicted molar refractivity (Wildman–Crippen MR) is 103 cm³/mol. The van der Waals surface area contributed by atoms with Crippen LogP contribution in [0.15, 0.2) is 23.6 Å². The van der Waals surface area contributed by atoms with Crippen molar-refractivity contribution in [1.29, 1.82) is 0 Å². The molecule has 0 spiro atoms. The highest BCUT2D eigenvalue weighted by atomic mass is 32.2. The third-order valence-corrected chi connectivity index (χ3v) is 6.06. The average Bonchev–Trinajstić information content (AvgIpc) is 3.20. The molecule has 0 unspecified atom stereocenters. The molecule has 3 rings (SSSR count). The van der Waals surface area contributed by atoms with Gasteiger partial charge in [0.2, 0.25) is 10.0 Å². The number of hydrogen-bond acceptors (Lipinski definition) is 6. The number of thiazole rings is 1. The Morgan fingerprint density at radius 3 is 3.00 bits per heavy atom. The van der Waals surface area contributed by atoms with Gasteiger partial charge in [0, 0.05) is 37.2 Å². The molecular weight excluding hydrogens is 358 g/mol. The molecule has 1 aliphatic rings. The van der Waals surface area contributed by atoms with E-state index in [1.807, 2.05) is 24.4 Å². The second kappa shape index (κ2) is 7.72. The summed E-state index contributed by atoms with van der Waals surface area (Å²) in [6.45, 7) is 4.84. The van der Waals surface area contributed by atoms with Crippen LogP contribution in [0.4, 0.5) is 10.8 Å². The SMILES string of the molecule is CCOCCCNc1nc(-c2ccc3c(c2)CCN3S(C)(=O)=O)cs1. The van der Waals surface area contributed by atoms with Gasteiger partial charge in [-0.3, -0.25) is 4.31 Å². The highest BCUT2D eigenvalue weighted by molar-refractivity contribution is 7.92. The Kier molecular flexibility index (Phi) is 5.61. The maximum absolute atomic E-state index is 11.8. The number of hydrogen-bond donors (Lipinski definition) is 1. The summed E-state index contributed by atoms with van der Waals surface area (Å²) < 4.78 is 30.4. The largest absolute Gasteiger partial charge is 0.382 e. The Morgan fingerprint density at radius 1 is 1.40 bits per heavy atom. The number of ether oxygens (including phenoxy) is 1. The van der Waals surface area contributed by atoms with Crippen LogP contribution in [0.2, 0.25) is 0 Å². The first kappa shape index (κ1) is 18.2. The average molecular weight is 382 g/mol. The van der Waals surface area contributed by atoms with Crippen molar-refractivity contribution in [2.24, 2.45) is 0 Å². The monoisotopic (exact) mass is 381 g/mol. The van der Waals surface area contributed by atoms with Crippen LogP contribution in [-0.4, -0.2) is 46.0 Å². The summed E-state index contributed by atoms with van der Waals surface area (Å²) in [4.78, 5) is 4.63. The normalized spacial score (nSPS) is 13.9. The first-order chi connectivity index (χ1) is 12.0. The van der Waals surface area contributed by atoms with Gasteiger partial charge in [0.15, 0.2) is 5.13 Å². The second-order valence-electron chi connectivity index (χ2n) is 5.94. The molecule has 1 N–H and O–H groups in total. The molecule has 2 aromatic rings. The fraction of sp³-hybridized carbons (Fsp3) is 0.471. The van der Waals surface area contributed by atoms with Crippen molar-refractivity contribution in [3.05, 3.63) is 29.1 Å². The zero-order valence-electron chi connectivity index (χ0n) is 14.5. The van der Waals surface area contributed by atoms with Gasteiger partial charge in [-0.2, -0.15) is 0 Å². The Hall–Kier alpha value is -1.64. The standard InChI is InChI=1S/C17H23N3O3S2/c1-3-23-10-4-8-18-17-19-15(12-24-17)13-5-6-16-14(11-13)7-9-20(16)25(2,21)22/h5-6,11-12H,3-4,7-10H2,1-2H3,(H,18,19). The molecule has 8 heteroatoms. The molecule has 0 bridgehead atoms. The van der Waals surface area contributed by atoms with Gasteiger partial charge in [-0.25, -0.2) is 13.4 Å². The number of nitrogens with zero attached hydrogens (tertiary/aromatic N) is 2. The number of nitrogens with one attached hydrogen (secondary N) is 1. The van der Waals surface area contributed by atoms with Crippen LogP contribution in [0.3, 0.4) is 0 Å². The lowest BCUT2D eigenvalue weighted by Gasteiger charge is -2.16. The summed E-state index contributed by atoms with van der Waals surface area (Å²) >= 11 is 1.58. The second-order valence-corrected chi connectivity index (χ2v) is 8.71. The molecule has 6 nitrogen and oxygen atoms in total. The lowest BCUT2D eigenvalue weighted by Crippen LogP contribution is -2.27. The Morgan fingerprint density at radius 2 is 2.24 bits per heavy atom. The zero-order chi connectivity index (χ0) is 17.9. The minimum atomic E-state index is -3.21. The van der Waals surface area contributed by atoms with E-state index in [2.05, 4.69) is 16.4 Å². The van der Waals surface area contributed by atoms with Crippen molar-refractivity contribution >= 4 is 32.2 Å². The van der Waals surface area contributed by atoms with Gasteiger partial charge in [0.05, 0.1) is 17.6 Å². The molecule has 0 amide bonds. The Bertz CT molecular complexity index is 833. The molecule has 1 aromatic heterocycles. The molecule has 2 heterocycles.